The van der Waals surface area contributed by atoms with Crippen molar-refractivity contribution >= 4 is 11.7 Å². The fraction of sp³-hybridized carbons (Fsp3) is 0.667. The van der Waals surface area contributed by atoms with Crippen LogP contribution in [0.4, 0.5) is 0 Å². The van der Waals surface area contributed by atoms with Gasteiger partial charge < -0.3 is 10.2 Å². The van der Waals surface area contributed by atoms with E-state index in [1.165, 1.54) is 6.20 Å². The Bertz CT molecular complexity index is 423. The number of piperidine rings is 1. The lowest BCUT2D eigenvalue weighted by Crippen LogP contribution is -2.43. The predicted molar refractivity (Wildman–Crippen MR) is 68.6 cm³/mol. The molecule has 0 unspecified atom stereocenters. The molecule has 104 valence electrons. The molecule has 19 heavy (non-hydrogen) atoms. The molecule has 1 aromatic heterocycles. The Morgan fingerprint density at radius 3 is 2.79 bits per heavy atom. The van der Waals surface area contributed by atoms with E-state index >= 15 is 0 Å². The van der Waals surface area contributed by atoms with Gasteiger partial charge in [0.15, 0.2) is 5.78 Å². The first kappa shape index (κ1) is 13.7. The van der Waals surface area contributed by atoms with Crippen molar-refractivity contribution in [2.75, 3.05) is 20.1 Å². The highest BCUT2D eigenvalue weighted by Gasteiger charge is 2.19. The normalized spacial score (nSPS) is 17.3. The average Bonchev–Trinajstić information content (AvgIpc) is 2.93. The summed E-state index contributed by atoms with van der Waals surface area (Å²) >= 11 is 0. The number of aromatic nitrogens is 3. The van der Waals surface area contributed by atoms with E-state index in [2.05, 4.69) is 32.7 Å². The lowest BCUT2D eigenvalue weighted by molar-refractivity contribution is -0.122. The molecule has 0 aliphatic carbocycles. The fourth-order valence-electron chi connectivity index (χ4n) is 2.15. The molecule has 0 saturated carbocycles. The Balaban J connectivity index is 1.69. The Morgan fingerprint density at radius 1 is 1.42 bits per heavy atom. The summed E-state index contributed by atoms with van der Waals surface area (Å²) in [5.74, 6) is -0.223. The Kier molecular flexibility index (Phi) is 4.62. The highest BCUT2D eigenvalue weighted by Crippen LogP contribution is 2.09. The zero-order valence-corrected chi connectivity index (χ0v) is 11.1. The lowest BCUT2D eigenvalue weighted by atomic mass is 10.1. The Labute approximate surface area is 111 Å². The van der Waals surface area contributed by atoms with Crippen molar-refractivity contribution < 1.29 is 9.59 Å². The van der Waals surface area contributed by atoms with Crippen LogP contribution in [0, 0.1) is 0 Å². The van der Waals surface area contributed by atoms with Crippen LogP contribution in [-0.2, 0) is 4.79 Å². The van der Waals surface area contributed by atoms with E-state index in [0.29, 0.717) is 0 Å². The van der Waals surface area contributed by atoms with Crippen LogP contribution in [0.15, 0.2) is 6.20 Å². The summed E-state index contributed by atoms with van der Waals surface area (Å²) in [6, 6.07) is 0.242. The quantitative estimate of drug-likeness (QED) is 0.730. The molecule has 1 amide bonds. The van der Waals surface area contributed by atoms with Gasteiger partial charge >= 0.3 is 0 Å². The molecule has 0 atom stereocenters. The van der Waals surface area contributed by atoms with Gasteiger partial charge in [-0.3, -0.25) is 14.7 Å². The smallest absolute Gasteiger partial charge is 0.220 e. The van der Waals surface area contributed by atoms with Gasteiger partial charge in [-0.1, -0.05) is 5.21 Å². The summed E-state index contributed by atoms with van der Waals surface area (Å²) in [7, 11) is 2.08. The molecule has 0 bridgehead atoms. The highest BCUT2D eigenvalue weighted by atomic mass is 16.2. The third-order valence-corrected chi connectivity index (χ3v) is 3.37. The molecule has 2 heterocycles. The summed E-state index contributed by atoms with van der Waals surface area (Å²) in [6.45, 7) is 2.01. The van der Waals surface area contributed by atoms with Crippen LogP contribution in [0.25, 0.3) is 0 Å². The number of carbonyl (C=O) groups is 2. The van der Waals surface area contributed by atoms with Gasteiger partial charge in [-0.05, 0) is 33.0 Å². The van der Waals surface area contributed by atoms with Crippen molar-refractivity contribution in [1.29, 1.82) is 0 Å². The number of rotatable bonds is 5. The average molecular weight is 265 g/mol. The molecule has 1 fully saturated rings. The number of carbonyl (C=O) groups excluding carboxylic acids is 2. The number of amides is 1. The van der Waals surface area contributed by atoms with Gasteiger partial charge in [-0.25, -0.2) is 0 Å². The van der Waals surface area contributed by atoms with Crippen molar-refractivity contribution in [1.82, 2.24) is 25.6 Å². The minimum Gasteiger partial charge on any atom is -0.353 e. The van der Waals surface area contributed by atoms with Crippen LogP contribution in [0.2, 0.25) is 0 Å². The number of H-pyrrole nitrogens is 1. The maximum absolute atomic E-state index is 11.7. The first-order valence-electron chi connectivity index (χ1n) is 6.52. The molecule has 7 heteroatoms. The van der Waals surface area contributed by atoms with Crippen LogP contribution in [0.3, 0.4) is 0 Å². The molecule has 7 nitrogen and oxygen atoms in total. The van der Waals surface area contributed by atoms with Crippen molar-refractivity contribution in [3.63, 3.8) is 0 Å². The van der Waals surface area contributed by atoms with Gasteiger partial charge in [0.25, 0.3) is 0 Å². The summed E-state index contributed by atoms with van der Waals surface area (Å²) in [5.41, 5.74) is 0.284. The van der Waals surface area contributed by atoms with E-state index in [4.69, 9.17) is 0 Å². The molecular formula is C12H19N5O2. The standard InChI is InChI=1S/C12H19N5O2/c1-17-6-4-9(5-7-17)14-12(19)3-2-11(18)10-8-13-16-15-10/h8-9H,2-7H2,1H3,(H,14,19)(H,13,15,16). The number of Topliss-reactive ketones (excluding diaryl/α,β-unsaturated/α-hetero) is 1. The minimum atomic E-state index is -0.160. The summed E-state index contributed by atoms with van der Waals surface area (Å²) in [6.07, 6.45) is 3.76. The van der Waals surface area contributed by atoms with Crippen molar-refractivity contribution in [3.05, 3.63) is 11.9 Å². The zero-order chi connectivity index (χ0) is 13.7. The number of hydrogen-bond acceptors (Lipinski definition) is 5. The number of hydrogen-bond donors (Lipinski definition) is 2. The number of aromatic amines is 1. The first-order valence-corrected chi connectivity index (χ1v) is 6.52. The second kappa shape index (κ2) is 6.42. The van der Waals surface area contributed by atoms with Gasteiger partial charge in [-0.15, -0.1) is 5.10 Å². The monoisotopic (exact) mass is 265 g/mol. The molecule has 1 saturated heterocycles. The van der Waals surface area contributed by atoms with Crippen LogP contribution < -0.4 is 5.32 Å². The molecule has 1 aromatic rings. The van der Waals surface area contributed by atoms with Crippen LogP contribution in [0.1, 0.15) is 36.2 Å². The van der Waals surface area contributed by atoms with E-state index < -0.39 is 0 Å². The first-order chi connectivity index (χ1) is 9.15. The lowest BCUT2D eigenvalue weighted by Gasteiger charge is -2.29. The molecule has 0 aromatic carbocycles. The van der Waals surface area contributed by atoms with Gasteiger partial charge in [-0.2, -0.15) is 0 Å². The van der Waals surface area contributed by atoms with Gasteiger partial charge in [0, 0.05) is 18.9 Å². The van der Waals surface area contributed by atoms with Gasteiger partial charge in [0.05, 0.1) is 6.20 Å². The van der Waals surface area contributed by atoms with E-state index in [1.807, 2.05) is 0 Å². The number of likely N-dealkylation sites (tertiary alicyclic amines) is 1. The van der Waals surface area contributed by atoms with Crippen molar-refractivity contribution in [2.45, 2.75) is 31.7 Å². The SMILES string of the molecule is CN1CCC(NC(=O)CCC(=O)c2c[nH]nn2)CC1. The molecule has 1 aliphatic heterocycles. The van der Waals surface area contributed by atoms with E-state index in [0.717, 1.165) is 25.9 Å². The Morgan fingerprint density at radius 2 is 2.16 bits per heavy atom. The maximum Gasteiger partial charge on any atom is 0.220 e. The van der Waals surface area contributed by atoms with Gasteiger partial charge in [0.1, 0.15) is 5.69 Å². The third-order valence-electron chi connectivity index (χ3n) is 3.37. The highest BCUT2D eigenvalue weighted by molar-refractivity contribution is 5.96. The fourth-order valence-corrected chi connectivity index (χ4v) is 2.15. The second-order valence-corrected chi connectivity index (χ2v) is 4.93. The van der Waals surface area contributed by atoms with Crippen LogP contribution in [0.5, 0.6) is 0 Å². The third kappa shape index (κ3) is 4.13. The maximum atomic E-state index is 11.7. The molecule has 0 radical (unpaired) electrons. The molecular weight excluding hydrogens is 246 g/mol. The Hall–Kier alpha value is -1.76. The van der Waals surface area contributed by atoms with Crippen LogP contribution in [-0.4, -0.2) is 58.2 Å². The van der Waals surface area contributed by atoms with Crippen molar-refractivity contribution in [3.8, 4) is 0 Å². The van der Waals surface area contributed by atoms with Crippen LogP contribution >= 0.6 is 0 Å². The second-order valence-electron chi connectivity index (χ2n) is 4.93. The molecule has 2 rings (SSSR count). The molecule has 2 N–H and O–H groups in total. The van der Waals surface area contributed by atoms with E-state index in [-0.39, 0.29) is 36.3 Å². The van der Waals surface area contributed by atoms with Crippen molar-refractivity contribution in [2.24, 2.45) is 0 Å². The summed E-state index contributed by atoms with van der Waals surface area (Å²) in [5, 5.41) is 12.6. The van der Waals surface area contributed by atoms with Gasteiger partial charge in [0.2, 0.25) is 5.91 Å². The topological polar surface area (TPSA) is 91.0 Å². The zero-order valence-electron chi connectivity index (χ0n) is 11.1. The number of nitrogens with zero attached hydrogens (tertiary/aromatic N) is 3. The molecule has 0 spiro atoms. The van der Waals surface area contributed by atoms with E-state index in [9.17, 15) is 9.59 Å². The molecule has 1 aliphatic rings. The number of ketones is 1. The summed E-state index contributed by atoms with van der Waals surface area (Å²) < 4.78 is 0. The minimum absolute atomic E-state index is 0.0635. The predicted octanol–water partition coefficient (Wildman–Crippen LogP) is -0.0220. The largest absolute Gasteiger partial charge is 0.353 e. The summed E-state index contributed by atoms with van der Waals surface area (Å²) in [4.78, 5) is 25.6. The van der Waals surface area contributed by atoms with E-state index in [1.54, 1.807) is 0 Å². The number of nitrogens with one attached hydrogen (secondary N) is 2.